The molecule has 0 spiro atoms. The molecule has 1 aromatic rings. The van der Waals surface area contributed by atoms with E-state index < -0.39 is 0 Å². The molecule has 120 valence electrons. The number of nitrogens with one attached hydrogen (secondary N) is 1. The van der Waals surface area contributed by atoms with Crippen molar-refractivity contribution in [3.8, 4) is 0 Å². The Morgan fingerprint density at radius 2 is 2.32 bits per heavy atom. The smallest absolute Gasteiger partial charge is 0.226 e. The molecule has 0 saturated carbocycles. The summed E-state index contributed by atoms with van der Waals surface area (Å²) >= 11 is 0. The third-order valence-corrected chi connectivity index (χ3v) is 4.34. The van der Waals surface area contributed by atoms with Crippen LogP contribution in [0.25, 0.3) is 0 Å². The van der Waals surface area contributed by atoms with Crippen LogP contribution in [0.1, 0.15) is 56.8 Å². The van der Waals surface area contributed by atoms with Crippen molar-refractivity contribution in [1.29, 1.82) is 0 Å². The van der Waals surface area contributed by atoms with Gasteiger partial charge < -0.3 is 9.64 Å². The molecule has 6 nitrogen and oxygen atoms in total. The van der Waals surface area contributed by atoms with E-state index in [1.807, 2.05) is 4.90 Å². The molecule has 0 bridgehead atoms. The van der Waals surface area contributed by atoms with Crippen molar-refractivity contribution in [3.05, 3.63) is 23.8 Å². The maximum atomic E-state index is 12.6. The predicted octanol–water partition coefficient (Wildman–Crippen LogP) is 2.18. The van der Waals surface area contributed by atoms with Gasteiger partial charge in [0, 0.05) is 18.4 Å². The summed E-state index contributed by atoms with van der Waals surface area (Å²) in [5.74, 6) is 2.18. The monoisotopic (exact) mass is 304 g/mol. The van der Waals surface area contributed by atoms with E-state index in [0.717, 1.165) is 30.9 Å². The van der Waals surface area contributed by atoms with Crippen LogP contribution in [0.4, 0.5) is 0 Å². The standard InChI is InChI=1S/C16H24N4O2/c1-11(2)14-17-15(19-18-14)13-10-20(8-9-22-13)16(21)12-6-4-3-5-7-12/h3-4,11-13H,5-10H2,1-2H3,(H,17,18,19)/t12-,13+/m0/s1. The fourth-order valence-electron chi connectivity index (χ4n) is 2.98. The maximum Gasteiger partial charge on any atom is 0.226 e. The Morgan fingerprint density at radius 3 is 3.00 bits per heavy atom. The summed E-state index contributed by atoms with van der Waals surface area (Å²) in [6, 6.07) is 0. The van der Waals surface area contributed by atoms with Gasteiger partial charge in [-0.3, -0.25) is 9.89 Å². The first-order chi connectivity index (χ1) is 10.6. The number of nitrogens with zero attached hydrogens (tertiary/aromatic N) is 3. The molecule has 1 saturated heterocycles. The quantitative estimate of drug-likeness (QED) is 0.869. The lowest BCUT2D eigenvalue weighted by molar-refractivity contribution is -0.143. The van der Waals surface area contributed by atoms with E-state index >= 15 is 0 Å². The van der Waals surface area contributed by atoms with Crippen LogP contribution >= 0.6 is 0 Å². The number of H-pyrrole nitrogens is 1. The Hall–Kier alpha value is -1.69. The second-order valence-corrected chi connectivity index (χ2v) is 6.36. The highest BCUT2D eigenvalue weighted by Gasteiger charge is 2.31. The average molecular weight is 304 g/mol. The van der Waals surface area contributed by atoms with Gasteiger partial charge in [0.2, 0.25) is 5.91 Å². The van der Waals surface area contributed by atoms with Crippen LogP contribution < -0.4 is 0 Å². The molecule has 22 heavy (non-hydrogen) atoms. The molecule has 1 aliphatic carbocycles. The highest BCUT2D eigenvalue weighted by Crippen LogP contribution is 2.25. The molecule has 1 fully saturated rings. The molecule has 1 N–H and O–H groups in total. The molecule has 1 aliphatic heterocycles. The molecule has 0 radical (unpaired) electrons. The molecule has 2 heterocycles. The number of carbonyl (C=O) groups is 1. The maximum absolute atomic E-state index is 12.6. The van der Waals surface area contributed by atoms with Gasteiger partial charge in [-0.05, 0) is 19.3 Å². The first-order valence-corrected chi connectivity index (χ1v) is 8.12. The predicted molar refractivity (Wildman–Crippen MR) is 82.2 cm³/mol. The largest absolute Gasteiger partial charge is 0.367 e. The summed E-state index contributed by atoms with van der Waals surface area (Å²) < 4.78 is 5.78. The number of ether oxygens (including phenoxy) is 1. The van der Waals surface area contributed by atoms with Crippen LogP contribution in [0.2, 0.25) is 0 Å². The van der Waals surface area contributed by atoms with Gasteiger partial charge in [-0.15, -0.1) is 0 Å². The summed E-state index contributed by atoms with van der Waals surface area (Å²) in [6.45, 7) is 5.89. The van der Waals surface area contributed by atoms with Gasteiger partial charge in [0.25, 0.3) is 0 Å². The molecule has 2 aliphatic rings. The van der Waals surface area contributed by atoms with Gasteiger partial charge in [0.1, 0.15) is 6.10 Å². The Bertz CT molecular complexity index is 552. The summed E-state index contributed by atoms with van der Waals surface area (Å²) in [7, 11) is 0. The van der Waals surface area contributed by atoms with Crippen LogP contribution in [-0.2, 0) is 9.53 Å². The van der Waals surface area contributed by atoms with E-state index in [1.54, 1.807) is 0 Å². The zero-order valence-electron chi connectivity index (χ0n) is 13.3. The van der Waals surface area contributed by atoms with Crippen molar-refractivity contribution in [3.63, 3.8) is 0 Å². The molecular formula is C16H24N4O2. The number of hydrogen-bond acceptors (Lipinski definition) is 4. The van der Waals surface area contributed by atoms with Crippen molar-refractivity contribution in [2.75, 3.05) is 19.7 Å². The number of allylic oxidation sites excluding steroid dienone is 2. The molecule has 6 heteroatoms. The third kappa shape index (κ3) is 3.21. The summed E-state index contributed by atoms with van der Waals surface area (Å²) in [5, 5.41) is 7.18. The van der Waals surface area contributed by atoms with Crippen molar-refractivity contribution >= 4 is 5.91 Å². The molecule has 3 rings (SSSR count). The number of rotatable bonds is 3. The van der Waals surface area contributed by atoms with Crippen molar-refractivity contribution in [1.82, 2.24) is 20.1 Å². The second kappa shape index (κ2) is 6.60. The minimum absolute atomic E-state index is 0.129. The summed E-state index contributed by atoms with van der Waals surface area (Å²) in [4.78, 5) is 19.1. The van der Waals surface area contributed by atoms with Crippen LogP contribution in [0, 0.1) is 5.92 Å². The van der Waals surface area contributed by atoms with Crippen LogP contribution in [0.5, 0.6) is 0 Å². The van der Waals surface area contributed by atoms with E-state index in [0.29, 0.717) is 19.7 Å². The van der Waals surface area contributed by atoms with Gasteiger partial charge >= 0.3 is 0 Å². The lowest BCUT2D eigenvalue weighted by atomic mass is 9.93. The number of amides is 1. The number of aromatic amines is 1. The van der Waals surface area contributed by atoms with E-state index in [-0.39, 0.29) is 23.8 Å². The lowest BCUT2D eigenvalue weighted by Gasteiger charge is -2.34. The van der Waals surface area contributed by atoms with Gasteiger partial charge in [0.15, 0.2) is 11.6 Å². The zero-order chi connectivity index (χ0) is 15.5. The van der Waals surface area contributed by atoms with Crippen LogP contribution in [0.15, 0.2) is 12.2 Å². The number of hydrogen-bond donors (Lipinski definition) is 1. The average Bonchev–Trinajstić information content (AvgIpc) is 3.05. The molecule has 0 unspecified atom stereocenters. The van der Waals surface area contributed by atoms with Gasteiger partial charge in [-0.25, -0.2) is 4.98 Å². The molecule has 2 atom stereocenters. The Kier molecular flexibility index (Phi) is 4.57. The number of aromatic nitrogens is 3. The Balaban J connectivity index is 1.65. The molecule has 1 amide bonds. The van der Waals surface area contributed by atoms with E-state index in [2.05, 4.69) is 41.2 Å². The number of morpholine rings is 1. The van der Waals surface area contributed by atoms with E-state index in [4.69, 9.17) is 4.74 Å². The Morgan fingerprint density at radius 1 is 1.45 bits per heavy atom. The van der Waals surface area contributed by atoms with Crippen molar-refractivity contribution < 1.29 is 9.53 Å². The highest BCUT2D eigenvalue weighted by molar-refractivity contribution is 5.79. The zero-order valence-corrected chi connectivity index (χ0v) is 13.3. The van der Waals surface area contributed by atoms with Crippen molar-refractivity contribution in [2.45, 2.75) is 45.1 Å². The Labute approximate surface area is 130 Å². The fraction of sp³-hybridized carbons (Fsp3) is 0.688. The minimum Gasteiger partial charge on any atom is -0.367 e. The summed E-state index contributed by atoms with van der Waals surface area (Å²) in [6.07, 6.45) is 6.90. The minimum atomic E-state index is -0.197. The second-order valence-electron chi connectivity index (χ2n) is 6.36. The third-order valence-electron chi connectivity index (χ3n) is 4.34. The fourth-order valence-corrected chi connectivity index (χ4v) is 2.98. The SMILES string of the molecule is CC(C)c1n[nH]c([C@H]2CN(C(=O)[C@H]3CC=CCC3)CCO2)n1. The molecule has 1 aromatic heterocycles. The normalized spacial score (nSPS) is 25.7. The van der Waals surface area contributed by atoms with Gasteiger partial charge in [-0.2, -0.15) is 5.10 Å². The van der Waals surface area contributed by atoms with Crippen LogP contribution in [0.3, 0.4) is 0 Å². The van der Waals surface area contributed by atoms with Gasteiger partial charge in [-0.1, -0.05) is 26.0 Å². The van der Waals surface area contributed by atoms with E-state index in [9.17, 15) is 4.79 Å². The van der Waals surface area contributed by atoms with Gasteiger partial charge in [0.05, 0.1) is 13.2 Å². The first-order valence-electron chi connectivity index (χ1n) is 8.12. The lowest BCUT2D eigenvalue weighted by Crippen LogP contribution is -2.45. The first kappa shape index (κ1) is 15.2. The molecule has 0 aromatic carbocycles. The van der Waals surface area contributed by atoms with E-state index in [1.165, 1.54) is 0 Å². The highest BCUT2D eigenvalue weighted by atomic mass is 16.5. The number of carbonyl (C=O) groups excluding carboxylic acids is 1. The topological polar surface area (TPSA) is 71.1 Å². The van der Waals surface area contributed by atoms with Crippen LogP contribution in [-0.4, -0.2) is 45.7 Å². The molecular weight excluding hydrogens is 280 g/mol. The van der Waals surface area contributed by atoms with Crippen molar-refractivity contribution in [2.24, 2.45) is 5.92 Å². The summed E-state index contributed by atoms with van der Waals surface area (Å²) in [5.41, 5.74) is 0.